The molecule has 4 heteroatoms. The number of urea groups is 1. The van der Waals surface area contributed by atoms with Gasteiger partial charge in [-0.05, 0) is 37.5 Å². The van der Waals surface area contributed by atoms with Gasteiger partial charge in [0.05, 0.1) is 0 Å². The van der Waals surface area contributed by atoms with Gasteiger partial charge in [0.25, 0.3) is 0 Å². The van der Waals surface area contributed by atoms with E-state index >= 15 is 0 Å². The first-order valence-corrected chi connectivity index (χ1v) is 7.09. The van der Waals surface area contributed by atoms with Crippen LogP contribution < -0.4 is 5.32 Å². The number of nitrogens with one attached hydrogen (secondary N) is 2. The van der Waals surface area contributed by atoms with Gasteiger partial charge in [-0.15, -0.1) is 0 Å². The van der Waals surface area contributed by atoms with Crippen LogP contribution in [-0.4, -0.2) is 28.9 Å². The van der Waals surface area contributed by atoms with Gasteiger partial charge in [0, 0.05) is 6.54 Å². The predicted octanol–water partition coefficient (Wildman–Crippen LogP) is 3.13. The van der Waals surface area contributed by atoms with E-state index < -0.39 is 0 Å². The van der Waals surface area contributed by atoms with Crippen LogP contribution in [0.5, 0.6) is 0 Å². The second-order valence-corrected chi connectivity index (χ2v) is 6.51. The molecule has 1 aliphatic carbocycles. The van der Waals surface area contributed by atoms with E-state index in [0.29, 0.717) is 11.3 Å². The highest BCUT2D eigenvalue weighted by Gasteiger charge is 2.50. The van der Waals surface area contributed by atoms with Crippen molar-refractivity contribution in [3.8, 4) is 0 Å². The van der Waals surface area contributed by atoms with E-state index in [1.807, 2.05) is 4.90 Å². The molecule has 102 valence electrons. The van der Waals surface area contributed by atoms with E-state index in [9.17, 15) is 4.79 Å². The number of carbonyl (C=O) groups is 1. The van der Waals surface area contributed by atoms with E-state index in [1.54, 1.807) is 0 Å². The van der Waals surface area contributed by atoms with Crippen molar-refractivity contribution in [2.75, 3.05) is 6.54 Å². The second-order valence-electron chi connectivity index (χ2n) is 6.51. The average molecular weight is 251 g/mol. The van der Waals surface area contributed by atoms with Crippen molar-refractivity contribution < 1.29 is 4.79 Å². The first-order valence-electron chi connectivity index (χ1n) is 7.09. The second kappa shape index (κ2) is 4.56. The van der Waals surface area contributed by atoms with Crippen LogP contribution in [0.25, 0.3) is 0 Å². The summed E-state index contributed by atoms with van der Waals surface area (Å²) in [5.41, 5.74) is 0.00810. The Balaban J connectivity index is 2.26. The summed E-state index contributed by atoms with van der Waals surface area (Å²) in [6.07, 6.45) is 6.20. The summed E-state index contributed by atoms with van der Waals surface area (Å²) in [7, 11) is 0. The van der Waals surface area contributed by atoms with Gasteiger partial charge in [0.15, 0.2) is 0 Å². The molecule has 1 heterocycles. The maximum absolute atomic E-state index is 12.0. The summed E-state index contributed by atoms with van der Waals surface area (Å²) in [5.74, 6) is 0.429. The minimum absolute atomic E-state index is 0.0680. The molecule has 0 bridgehead atoms. The monoisotopic (exact) mass is 251 g/mol. The number of amidine groups is 1. The van der Waals surface area contributed by atoms with Crippen molar-refractivity contribution >= 4 is 11.9 Å². The van der Waals surface area contributed by atoms with Crippen LogP contribution in [-0.2, 0) is 0 Å². The van der Waals surface area contributed by atoms with E-state index in [4.69, 9.17) is 5.41 Å². The molecule has 0 aromatic rings. The van der Waals surface area contributed by atoms with E-state index in [1.165, 1.54) is 6.42 Å². The molecule has 1 spiro atoms. The largest absolute Gasteiger partial charge is 0.323 e. The molecule has 1 saturated heterocycles. The minimum Gasteiger partial charge on any atom is -0.312 e. The van der Waals surface area contributed by atoms with Crippen molar-refractivity contribution in [2.24, 2.45) is 5.41 Å². The predicted molar refractivity (Wildman–Crippen MR) is 72.9 cm³/mol. The average Bonchev–Trinajstić information content (AvgIpc) is 2.44. The molecule has 0 aromatic heterocycles. The number of hydrogen-bond acceptors (Lipinski definition) is 2. The van der Waals surface area contributed by atoms with E-state index in [2.05, 4.69) is 26.1 Å². The Kier molecular flexibility index (Phi) is 3.39. The Morgan fingerprint density at radius 2 is 2.00 bits per heavy atom. The zero-order chi connectivity index (χ0) is 13.4. The highest BCUT2D eigenvalue weighted by Crippen LogP contribution is 2.42. The zero-order valence-corrected chi connectivity index (χ0v) is 11.8. The molecule has 1 saturated carbocycles. The molecular formula is C14H25N3O. The van der Waals surface area contributed by atoms with Gasteiger partial charge in [-0.25, -0.2) is 4.79 Å². The molecule has 1 atom stereocenters. The summed E-state index contributed by atoms with van der Waals surface area (Å²) in [6.45, 7) is 7.44. The maximum Gasteiger partial charge on any atom is 0.323 e. The van der Waals surface area contributed by atoms with Crippen molar-refractivity contribution in [3.05, 3.63) is 0 Å². The van der Waals surface area contributed by atoms with E-state index in [-0.39, 0.29) is 11.6 Å². The topological polar surface area (TPSA) is 56.2 Å². The molecule has 1 aliphatic heterocycles. The van der Waals surface area contributed by atoms with E-state index in [0.717, 1.165) is 38.6 Å². The first-order chi connectivity index (χ1) is 8.41. The van der Waals surface area contributed by atoms with Crippen molar-refractivity contribution in [3.63, 3.8) is 0 Å². The van der Waals surface area contributed by atoms with Gasteiger partial charge < -0.3 is 4.90 Å². The molecule has 18 heavy (non-hydrogen) atoms. The maximum atomic E-state index is 12.0. The fourth-order valence-corrected chi connectivity index (χ4v) is 3.33. The molecule has 2 rings (SSSR count). The lowest BCUT2D eigenvalue weighted by atomic mass is 9.83. The summed E-state index contributed by atoms with van der Waals surface area (Å²) in [6, 6.07) is -0.0680. The number of carbonyl (C=O) groups excluding carboxylic acids is 1. The van der Waals surface area contributed by atoms with Gasteiger partial charge in [-0.1, -0.05) is 27.2 Å². The molecule has 2 N–H and O–H groups in total. The van der Waals surface area contributed by atoms with Crippen LogP contribution in [0.15, 0.2) is 0 Å². The summed E-state index contributed by atoms with van der Waals surface area (Å²) < 4.78 is 0. The Labute approximate surface area is 110 Å². The Morgan fingerprint density at radius 3 is 2.67 bits per heavy atom. The quantitative estimate of drug-likeness (QED) is 0.778. The van der Waals surface area contributed by atoms with Crippen LogP contribution in [0.2, 0.25) is 0 Å². The summed E-state index contributed by atoms with van der Waals surface area (Å²) >= 11 is 0. The summed E-state index contributed by atoms with van der Waals surface area (Å²) in [5, 5.41) is 10.9. The third-order valence-corrected chi connectivity index (χ3v) is 4.57. The number of hydrogen-bond donors (Lipinski definition) is 2. The summed E-state index contributed by atoms with van der Waals surface area (Å²) in [4.78, 5) is 13.9. The fraction of sp³-hybridized carbons (Fsp3) is 0.857. The molecule has 1 unspecified atom stereocenters. The Bertz CT molecular complexity index is 364. The highest BCUT2D eigenvalue weighted by molar-refractivity contribution is 6.08. The van der Waals surface area contributed by atoms with Crippen molar-refractivity contribution in [1.82, 2.24) is 10.2 Å². The molecule has 0 radical (unpaired) electrons. The lowest BCUT2D eigenvalue weighted by Gasteiger charge is -2.36. The zero-order valence-electron chi connectivity index (χ0n) is 11.8. The number of rotatable bonds is 2. The standard InChI is InChI=1S/C14H25N3O/c1-4-10-17-12(18)16-11(15)14(17)7-5-6-13(2,3)8-9-14/h4-10H2,1-3H3,(H2,15,16,18). The molecular weight excluding hydrogens is 226 g/mol. The minimum atomic E-state index is -0.332. The van der Waals surface area contributed by atoms with Crippen molar-refractivity contribution in [2.45, 2.75) is 64.8 Å². The Morgan fingerprint density at radius 1 is 1.28 bits per heavy atom. The smallest absolute Gasteiger partial charge is 0.312 e. The number of nitrogens with zero attached hydrogens (tertiary/aromatic N) is 1. The molecule has 2 amide bonds. The highest BCUT2D eigenvalue weighted by atomic mass is 16.2. The van der Waals surface area contributed by atoms with Gasteiger partial charge >= 0.3 is 6.03 Å². The number of amides is 2. The van der Waals surface area contributed by atoms with Gasteiger partial charge in [0.1, 0.15) is 11.4 Å². The van der Waals surface area contributed by atoms with Gasteiger partial charge in [0.2, 0.25) is 0 Å². The van der Waals surface area contributed by atoms with Crippen LogP contribution in [0, 0.1) is 10.8 Å². The molecule has 2 fully saturated rings. The van der Waals surface area contributed by atoms with Gasteiger partial charge in [-0.2, -0.15) is 0 Å². The fourth-order valence-electron chi connectivity index (χ4n) is 3.33. The third kappa shape index (κ3) is 2.13. The van der Waals surface area contributed by atoms with Crippen LogP contribution >= 0.6 is 0 Å². The third-order valence-electron chi connectivity index (χ3n) is 4.57. The van der Waals surface area contributed by atoms with Gasteiger partial charge in [-0.3, -0.25) is 10.7 Å². The van der Waals surface area contributed by atoms with Crippen LogP contribution in [0.4, 0.5) is 4.79 Å². The first kappa shape index (κ1) is 13.4. The molecule has 4 nitrogen and oxygen atoms in total. The lowest BCUT2D eigenvalue weighted by molar-refractivity contribution is 0.159. The van der Waals surface area contributed by atoms with Crippen molar-refractivity contribution in [1.29, 1.82) is 5.41 Å². The lowest BCUT2D eigenvalue weighted by Crippen LogP contribution is -2.49. The molecule has 2 aliphatic rings. The normalized spacial score (nSPS) is 31.6. The van der Waals surface area contributed by atoms with Crippen LogP contribution in [0.1, 0.15) is 59.3 Å². The molecule has 0 aromatic carbocycles. The SMILES string of the molecule is CCCN1C(=O)NC(=N)C12CCCC(C)(C)CC2. The Hall–Kier alpha value is -1.06. The van der Waals surface area contributed by atoms with Crippen LogP contribution in [0.3, 0.4) is 0 Å².